The van der Waals surface area contributed by atoms with E-state index in [-0.39, 0.29) is 0 Å². The molecule has 1 aliphatic heterocycles. The Morgan fingerprint density at radius 2 is 2.21 bits per heavy atom. The molecule has 1 saturated heterocycles. The summed E-state index contributed by atoms with van der Waals surface area (Å²) >= 11 is 0. The van der Waals surface area contributed by atoms with E-state index in [1.165, 1.54) is 12.8 Å². The highest BCUT2D eigenvalue weighted by molar-refractivity contribution is 4.73. The molecule has 0 saturated carbocycles. The van der Waals surface area contributed by atoms with Crippen molar-refractivity contribution in [1.29, 1.82) is 0 Å². The predicted octanol–water partition coefficient (Wildman–Crippen LogP) is 1.00. The van der Waals surface area contributed by atoms with Gasteiger partial charge in [0.1, 0.15) is 0 Å². The van der Waals surface area contributed by atoms with Gasteiger partial charge in [0.2, 0.25) is 0 Å². The van der Waals surface area contributed by atoms with Crippen LogP contribution in [0.25, 0.3) is 0 Å². The molecule has 1 atom stereocenters. The Balaban J connectivity index is 2.01. The zero-order valence-electron chi connectivity index (χ0n) is 9.51. The van der Waals surface area contributed by atoms with E-state index in [1.54, 1.807) is 0 Å². The lowest BCUT2D eigenvalue weighted by Gasteiger charge is -2.25. The van der Waals surface area contributed by atoms with Crippen molar-refractivity contribution in [3.63, 3.8) is 0 Å². The molecule has 14 heavy (non-hydrogen) atoms. The van der Waals surface area contributed by atoms with Gasteiger partial charge in [-0.05, 0) is 12.5 Å². The van der Waals surface area contributed by atoms with Crippen molar-refractivity contribution >= 4 is 0 Å². The highest BCUT2D eigenvalue weighted by Gasteiger charge is 2.12. The molecule has 0 amide bonds. The zero-order valence-corrected chi connectivity index (χ0v) is 9.51. The third-order valence-corrected chi connectivity index (χ3v) is 2.98. The molecule has 0 bridgehead atoms. The summed E-state index contributed by atoms with van der Waals surface area (Å²) in [7, 11) is 0. The van der Waals surface area contributed by atoms with Crippen LogP contribution in [0.3, 0.4) is 0 Å². The third kappa shape index (κ3) is 4.40. The third-order valence-electron chi connectivity index (χ3n) is 2.98. The standard InChI is InChI=1S/C11H24N2O/c1-3-10(4-2)7-12-8-11-9-14-6-5-13-11/h10-13H,3-9H2,1-2H3. The minimum absolute atomic E-state index is 0.512. The normalized spacial score (nSPS) is 22.9. The lowest BCUT2D eigenvalue weighted by molar-refractivity contribution is 0.0764. The van der Waals surface area contributed by atoms with E-state index < -0.39 is 0 Å². The molecule has 0 aromatic rings. The van der Waals surface area contributed by atoms with Crippen LogP contribution in [0, 0.1) is 5.92 Å². The molecule has 1 heterocycles. The second-order valence-corrected chi connectivity index (χ2v) is 4.07. The molecule has 3 nitrogen and oxygen atoms in total. The summed E-state index contributed by atoms with van der Waals surface area (Å²) in [5.41, 5.74) is 0. The molecular weight excluding hydrogens is 176 g/mol. The molecule has 0 aromatic carbocycles. The average Bonchev–Trinajstić information content (AvgIpc) is 2.26. The summed E-state index contributed by atoms with van der Waals surface area (Å²) in [5, 5.41) is 6.96. The Morgan fingerprint density at radius 1 is 1.43 bits per heavy atom. The van der Waals surface area contributed by atoms with Gasteiger partial charge < -0.3 is 15.4 Å². The molecule has 1 fully saturated rings. The van der Waals surface area contributed by atoms with Crippen molar-refractivity contribution in [1.82, 2.24) is 10.6 Å². The van der Waals surface area contributed by atoms with Crippen LogP contribution >= 0.6 is 0 Å². The van der Waals surface area contributed by atoms with E-state index in [9.17, 15) is 0 Å². The van der Waals surface area contributed by atoms with E-state index in [4.69, 9.17) is 4.74 Å². The second-order valence-electron chi connectivity index (χ2n) is 4.07. The van der Waals surface area contributed by atoms with Crippen molar-refractivity contribution in [3.05, 3.63) is 0 Å². The fraction of sp³-hybridized carbons (Fsp3) is 1.00. The first-order valence-electron chi connectivity index (χ1n) is 5.88. The molecule has 3 heteroatoms. The number of morpholine rings is 1. The van der Waals surface area contributed by atoms with Crippen molar-refractivity contribution in [2.45, 2.75) is 32.7 Å². The predicted molar refractivity (Wildman–Crippen MR) is 59.6 cm³/mol. The van der Waals surface area contributed by atoms with Crippen LogP contribution in [0.2, 0.25) is 0 Å². The Bertz CT molecular complexity index is 131. The van der Waals surface area contributed by atoms with E-state index in [0.717, 1.165) is 38.8 Å². The van der Waals surface area contributed by atoms with Crippen LogP contribution in [0.15, 0.2) is 0 Å². The second kappa shape index (κ2) is 7.21. The smallest absolute Gasteiger partial charge is 0.0632 e. The first-order valence-corrected chi connectivity index (χ1v) is 5.88. The molecule has 1 unspecified atom stereocenters. The van der Waals surface area contributed by atoms with Gasteiger partial charge in [0.15, 0.2) is 0 Å². The summed E-state index contributed by atoms with van der Waals surface area (Å²) in [4.78, 5) is 0. The topological polar surface area (TPSA) is 33.3 Å². The van der Waals surface area contributed by atoms with Gasteiger partial charge in [0, 0.05) is 19.1 Å². The van der Waals surface area contributed by atoms with Crippen molar-refractivity contribution < 1.29 is 4.74 Å². The SMILES string of the molecule is CCC(CC)CNCC1COCCN1. The number of rotatable bonds is 6. The van der Waals surface area contributed by atoms with Gasteiger partial charge in [-0.1, -0.05) is 26.7 Å². The van der Waals surface area contributed by atoms with Crippen molar-refractivity contribution in [2.75, 3.05) is 32.8 Å². The summed E-state index contributed by atoms with van der Waals surface area (Å²) in [6.45, 7) is 9.42. The summed E-state index contributed by atoms with van der Waals surface area (Å²) < 4.78 is 5.39. The van der Waals surface area contributed by atoms with E-state index in [1.807, 2.05) is 0 Å². The van der Waals surface area contributed by atoms with Gasteiger partial charge in [-0.25, -0.2) is 0 Å². The fourth-order valence-electron chi connectivity index (χ4n) is 1.79. The highest BCUT2D eigenvalue weighted by atomic mass is 16.5. The van der Waals surface area contributed by atoms with Gasteiger partial charge in [-0.2, -0.15) is 0 Å². The molecule has 84 valence electrons. The monoisotopic (exact) mass is 200 g/mol. The van der Waals surface area contributed by atoms with Gasteiger partial charge in [-0.15, -0.1) is 0 Å². The zero-order chi connectivity index (χ0) is 10.2. The first-order chi connectivity index (χ1) is 6.86. The van der Waals surface area contributed by atoms with Crippen molar-refractivity contribution in [2.24, 2.45) is 5.92 Å². The average molecular weight is 200 g/mol. The van der Waals surface area contributed by atoms with Gasteiger partial charge >= 0.3 is 0 Å². The first kappa shape index (κ1) is 12.0. The maximum Gasteiger partial charge on any atom is 0.0632 e. The minimum Gasteiger partial charge on any atom is -0.378 e. The van der Waals surface area contributed by atoms with Crippen LogP contribution in [-0.2, 0) is 4.74 Å². The molecule has 0 aromatic heterocycles. The molecule has 1 rings (SSSR count). The van der Waals surface area contributed by atoms with E-state index >= 15 is 0 Å². The molecule has 0 aliphatic carbocycles. The summed E-state index contributed by atoms with van der Waals surface area (Å²) in [5.74, 6) is 0.833. The van der Waals surface area contributed by atoms with Crippen LogP contribution in [0.4, 0.5) is 0 Å². The van der Waals surface area contributed by atoms with Crippen LogP contribution in [-0.4, -0.2) is 38.9 Å². The quantitative estimate of drug-likeness (QED) is 0.671. The van der Waals surface area contributed by atoms with E-state index in [0.29, 0.717) is 6.04 Å². The Labute approximate surface area is 87.6 Å². The highest BCUT2D eigenvalue weighted by Crippen LogP contribution is 2.04. The van der Waals surface area contributed by atoms with Crippen LogP contribution in [0.5, 0.6) is 0 Å². The van der Waals surface area contributed by atoms with Gasteiger partial charge in [-0.3, -0.25) is 0 Å². The Morgan fingerprint density at radius 3 is 2.79 bits per heavy atom. The maximum absolute atomic E-state index is 5.39. The number of nitrogens with one attached hydrogen (secondary N) is 2. The lowest BCUT2D eigenvalue weighted by atomic mass is 10.0. The number of hydrogen-bond acceptors (Lipinski definition) is 3. The number of hydrogen-bond donors (Lipinski definition) is 2. The largest absolute Gasteiger partial charge is 0.378 e. The Kier molecular flexibility index (Phi) is 6.15. The summed E-state index contributed by atoms with van der Waals surface area (Å²) in [6.07, 6.45) is 2.55. The Hall–Kier alpha value is -0.120. The maximum atomic E-state index is 5.39. The van der Waals surface area contributed by atoms with Gasteiger partial charge in [0.25, 0.3) is 0 Å². The molecule has 2 N–H and O–H groups in total. The van der Waals surface area contributed by atoms with Crippen LogP contribution in [0.1, 0.15) is 26.7 Å². The number of ether oxygens (including phenoxy) is 1. The molecule has 1 aliphatic rings. The molecule has 0 spiro atoms. The van der Waals surface area contributed by atoms with Gasteiger partial charge in [0.05, 0.1) is 13.2 Å². The molecular formula is C11H24N2O. The summed E-state index contributed by atoms with van der Waals surface area (Å²) in [6, 6.07) is 0.512. The lowest BCUT2D eigenvalue weighted by Crippen LogP contribution is -2.47. The fourth-order valence-corrected chi connectivity index (χ4v) is 1.79. The van der Waals surface area contributed by atoms with Crippen molar-refractivity contribution in [3.8, 4) is 0 Å². The van der Waals surface area contributed by atoms with E-state index in [2.05, 4.69) is 24.5 Å². The minimum atomic E-state index is 0.512. The molecule has 0 radical (unpaired) electrons. The van der Waals surface area contributed by atoms with Crippen LogP contribution < -0.4 is 10.6 Å².